The summed E-state index contributed by atoms with van der Waals surface area (Å²) < 4.78 is 31.9. The molecule has 1 aliphatic heterocycles. The van der Waals surface area contributed by atoms with Crippen molar-refractivity contribution in [3.8, 4) is 0 Å². The number of nitrogens with one attached hydrogen (secondary N) is 2. The standard InChI is InChI=1S/C21H25N3O5S2/c1-29-21(26)19-16-8-5-9-17(16)30-20(19)23-18(25)13-22-14-6-4-7-15(12-14)31(27,28)24-10-2-3-11-24/h4,6-7,12,22H,2-3,5,8-11,13H2,1H3,(H,23,25). The monoisotopic (exact) mass is 463 g/mol. The molecule has 1 saturated heterocycles. The summed E-state index contributed by atoms with van der Waals surface area (Å²) in [7, 11) is -2.19. The fraction of sp³-hybridized carbons (Fsp3) is 0.429. The Morgan fingerprint density at radius 2 is 1.94 bits per heavy atom. The summed E-state index contributed by atoms with van der Waals surface area (Å²) in [4.78, 5) is 26.1. The highest BCUT2D eigenvalue weighted by atomic mass is 32.2. The molecule has 0 saturated carbocycles. The van der Waals surface area contributed by atoms with Crippen LogP contribution >= 0.6 is 11.3 Å². The average Bonchev–Trinajstić information content (AvgIpc) is 3.50. The number of hydrogen-bond acceptors (Lipinski definition) is 7. The molecule has 1 aliphatic carbocycles. The van der Waals surface area contributed by atoms with E-state index in [2.05, 4.69) is 10.6 Å². The van der Waals surface area contributed by atoms with Crippen molar-refractivity contribution in [3.05, 3.63) is 40.3 Å². The van der Waals surface area contributed by atoms with Crippen LogP contribution in [0.25, 0.3) is 0 Å². The minimum Gasteiger partial charge on any atom is -0.465 e. The Labute approximate surface area is 185 Å². The molecule has 1 aromatic carbocycles. The number of fused-ring (bicyclic) bond motifs is 1. The number of hydrogen-bond donors (Lipinski definition) is 2. The number of carbonyl (C=O) groups excluding carboxylic acids is 2. The van der Waals surface area contributed by atoms with Crippen LogP contribution in [0, 0.1) is 0 Å². The molecule has 1 fully saturated rings. The van der Waals surface area contributed by atoms with E-state index in [0.29, 0.717) is 29.3 Å². The Morgan fingerprint density at radius 1 is 1.16 bits per heavy atom. The van der Waals surface area contributed by atoms with Gasteiger partial charge in [-0.3, -0.25) is 4.79 Å². The maximum Gasteiger partial charge on any atom is 0.341 e. The minimum absolute atomic E-state index is 0.0591. The quantitative estimate of drug-likeness (QED) is 0.612. The maximum absolute atomic E-state index is 12.7. The Morgan fingerprint density at radius 3 is 2.68 bits per heavy atom. The van der Waals surface area contributed by atoms with Crippen LogP contribution in [0.15, 0.2) is 29.2 Å². The van der Waals surface area contributed by atoms with Gasteiger partial charge < -0.3 is 15.4 Å². The number of esters is 1. The summed E-state index contributed by atoms with van der Waals surface area (Å²) in [6, 6.07) is 6.48. The van der Waals surface area contributed by atoms with Crippen molar-refractivity contribution >= 4 is 43.9 Å². The van der Waals surface area contributed by atoms with Gasteiger partial charge in [-0.05, 0) is 55.9 Å². The number of ether oxygens (including phenoxy) is 1. The number of amides is 1. The highest BCUT2D eigenvalue weighted by Crippen LogP contribution is 2.39. The van der Waals surface area contributed by atoms with Gasteiger partial charge in [-0.25, -0.2) is 13.2 Å². The summed E-state index contributed by atoms with van der Waals surface area (Å²) in [6.45, 7) is 1.02. The second kappa shape index (κ2) is 8.97. The molecule has 31 heavy (non-hydrogen) atoms. The fourth-order valence-corrected chi connectivity index (χ4v) is 6.86. The van der Waals surface area contributed by atoms with Gasteiger partial charge in [-0.1, -0.05) is 6.07 Å². The first-order valence-corrected chi connectivity index (χ1v) is 12.5. The minimum atomic E-state index is -3.52. The van der Waals surface area contributed by atoms with Crippen molar-refractivity contribution in [2.75, 3.05) is 37.4 Å². The molecule has 2 aliphatic rings. The Bertz CT molecular complexity index is 1100. The summed E-state index contributed by atoms with van der Waals surface area (Å²) in [6.07, 6.45) is 4.45. The van der Waals surface area contributed by atoms with Crippen molar-refractivity contribution in [3.63, 3.8) is 0 Å². The SMILES string of the molecule is COC(=O)c1c(NC(=O)CNc2cccc(S(=O)(=O)N3CCCC3)c2)sc2c1CCC2. The van der Waals surface area contributed by atoms with E-state index in [1.165, 1.54) is 22.8 Å². The Kier molecular flexibility index (Phi) is 6.31. The molecule has 8 nitrogen and oxygen atoms in total. The molecule has 2 heterocycles. The Hall–Kier alpha value is -2.43. The van der Waals surface area contributed by atoms with Crippen LogP contribution in [0.2, 0.25) is 0 Å². The van der Waals surface area contributed by atoms with Crippen molar-refractivity contribution in [1.82, 2.24) is 4.31 Å². The zero-order chi connectivity index (χ0) is 22.0. The maximum atomic E-state index is 12.7. The van der Waals surface area contributed by atoms with E-state index in [0.717, 1.165) is 42.5 Å². The molecule has 166 valence electrons. The van der Waals surface area contributed by atoms with Crippen LogP contribution in [-0.2, 0) is 32.4 Å². The summed E-state index contributed by atoms with van der Waals surface area (Å²) in [5, 5.41) is 6.29. The molecular formula is C21H25N3O5S2. The first kappa shape index (κ1) is 21.8. The molecule has 0 atom stereocenters. The van der Waals surface area contributed by atoms with Crippen LogP contribution in [0.3, 0.4) is 0 Å². The van der Waals surface area contributed by atoms with Crippen molar-refractivity contribution in [1.29, 1.82) is 0 Å². The van der Waals surface area contributed by atoms with Gasteiger partial charge in [0.25, 0.3) is 0 Å². The van der Waals surface area contributed by atoms with E-state index in [-0.39, 0.29) is 17.3 Å². The topological polar surface area (TPSA) is 105 Å². The molecule has 0 bridgehead atoms. The molecular weight excluding hydrogens is 438 g/mol. The molecule has 4 rings (SSSR count). The van der Waals surface area contributed by atoms with Crippen molar-refractivity contribution < 1.29 is 22.7 Å². The molecule has 1 amide bonds. The van der Waals surface area contributed by atoms with Gasteiger partial charge >= 0.3 is 5.97 Å². The van der Waals surface area contributed by atoms with Crippen LogP contribution in [0.5, 0.6) is 0 Å². The number of nitrogens with zero attached hydrogens (tertiary/aromatic N) is 1. The highest BCUT2D eigenvalue weighted by molar-refractivity contribution is 7.89. The number of aryl methyl sites for hydroxylation is 1. The zero-order valence-corrected chi connectivity index (χ0v) is 18.9. The number of rotatable bonds is 7. The van der Waals surface area contributed by atoms with E-state index in [4.69, 9.17) is 4.74 Å². The van der Waals surface area contributed by atoms with Gasteiger partial charge in [0.1, 0.15) is 5.00 Å². The largest absolute Gasteiger partial charge is 0.465 e. The van der Waals surface area contributed by atoms with Gasteiger partial charge in [0, 0.05) is 23.7 Å². The van der Waals surface area contributed by atoms with Crippen LogP contribution < -0.4 is 10.6 Å². The lowest BCUT2D eigenvalue weighted by molar-refractivity contribution is -0.114. The highest BCUT2D eigenvalue weighted by Gasteiger charge is 2.29. The van der Waals surface area contributed by atoms with Crippen LogP contribution in [-0.4, -0.2) is 51.3 Å². The fourth-order valence-electron chi connectivity index (χ4n) is 4.01. The van der Waals surface area contributed by atoms with Gasteiger partial charge in [-0.15, -0.1) is 11.3 Å². The molecule has 0 unspecified atom stereocenters. The summed E-state index contributed by atoms with van der Waals surface area (Å²) in [5.74, 6) is -0.764. The van der Waals surface area contributed by atoms with E-state index >= 15 is 0 Å². The molecule has 0 radical (unpaired) electrons. The number of anilines is 2. The zero-order valence-electron chi connectivity index (χ0n) is 17.3. The molecule has 10 heteroatoms. The number of methoxy groups -OCH3 is 1. The first-order valence-electron chi connectivity index (χ1n) is 10.3. The van der Waals surface area contributed by atoms with E-state index in [1.807, 2.05) is 0 Å². The normalized spacial score (nSPS) is 16.2. The second-order valence-corrected chi connectivity index (χ2v) is 10.6. The predicted molar refractivity (Wildman–Crippen MR) is 119 cm³/mol. The van der Waals surface area contributed by atoms with Gasteiger partial charge in [0.2, 0.25) is 15.9 Å². The lowest BCUT2D eigenvalue weighted by Gasteiger charge is -2.16. The molecule has 2 aromatic rings. The van der Waals surface area contributed by atoms with Crippen LogP contribution in [0.4, 0.5) is 10.7 Å². The molecule has 2 N–H and O–H groups in total. The third kappa shape index (κ3) is 4.46. The third-order valence-corrected chi connectivity index (χ3v) is 8.66. The first-order chi connectivity index (χ1) is 14.9. The number of thiophene rings is 1. The predicted octanol–water partition coefficient (Wildman–Crippen LogP) is 2.86. The third-order valence-electron chi connectivity index (χ3n) is 5.55. The van der Waals surface area contributed by atoms with E-state index < -0.39 is 16.0 Å². The van der Waals surface area contributed by atoms with Gasteiger partial charge in [0.15, 0.2) is 0 Å². The van der Waals surface area contributed by atoms with E-state index in [1.54, 1.807) is 24.3 Å². The average molecular weight is 464 g/mol. The van der Waals surface area contributed by atoms with Crippen molar-refractivity contribution in [2.45, 2.75) is 37.0 Å². The van der Waals surface area contributed by atoms with Gasteiger partial charge in [0.05, 0.1) is 24.1 Å². The number of carbonyl (C=O) groups is 2. The number of benzene rings is 1. The smallest absolute Gasteiger partial charge is 0.341 e. The van der Waals surface area contributed by atoms with Gasteiger partial charge in [-0.2, -0.15) is 4.31 Å². The van der Waals surface area contributed by atoms with Crippen molar-refractivity contribution in [2.24, 2.45) is 0 Å². The lowest BCUT2D eigenvalue weighted by atomic mass is 10.1. The molecule has 0 spiro atoms. The van der Waals surface area contributed by atoms with E-state index in [9.17, 15) is 18.0 Å². The number of sulfonamides is 1. The Balaban J connectivity index is 1.43. The van der Waals surface area contributed by atoms with Crippen LogP contribution in [0.1, 0.15) is 40.1 Å². The lowest BCUT2D eigenvalue weighted by Crippen LogP contribution is -2.28. The summed E-state index contributed by atoms with van der Waals surface area (Å²) >= 11 is 1.42. The second-order valence-electron chi connectivity index (χ2n) is 7.59. The molecule has 1 aromatic heterocycles. The summed E-state index contributed by atoms with van der Waals surface area (Å²) in [5.41, 5.74) is 1.96.